The van der Waals surface area contributed by atoms with E-state index in [-0.39, 0.29) is 10.7 Å². The van der Waals surface area contributed by atoms with Crippen molar-refractivity contribution in [2.24, 2.45) is 0 Å². The first-order chi connectivity index (χ1) is 9.38. The van der Waals surface area contributed by atoms with Gasteiger partial charge in [0, 0.05) is 30.4 Å². The van der Waals surface area contributed by atoms with Crippen LogP contribution in [0.2, 0.25) is 0 Å². The molecule has 0 unspecified atom stereocenters. The second kappa shape index (κ2) is 6.05. The topological polar surface area (TPSA) is 71.5 Å². The van der Waals surface area contributed by atoms with Crippen molar-refractivity contribution in [2.75, 3.05) is 18.8 Å². The van der Waals surface area contributed by atoms with E-state index < -0.39 is 21.5 Å². The molecule has 1 aliphatic heterocycles. The van der Waals surface area contributed by atoms with Crippen LogP contribution >= 0.6 is 15.9 Å². The van der Waals surface area contributed by atoms with E-state index in [2.05, 4.69) is 15.9 Å². The van der Waals surface area contributed by atoms with Gasteiger partial charge in [0.05, 0.1) is 4.90 Å². The Kier molecular flexibility index (Phi) is 4.59. The number of sulfone groups is 1. The van der Waals surface area contributed by atoms with E-state index in [1.54, 1.807) is 12.1 Å². The highest BCUT2D eigenvalue weighted by Crippen LogP contribution is 2.18. The third-order valence-corrected chi connectivity index (χ3v) is 5.23. The molecule has 0 spiro atoms. The molecular formula is C13H14BrNO4S. The van der Waals surface area contributed by atoms with E-state index in [0.29, 0.717) is 30.4 Å². The lowest BCUT2D eigenvalue weighted by atomic mass is 10.1. The van der Waals surface area contributed by atoms with Crippen LogP contribution < -0.4 is 0 Å². The number of halogens is 1. The van der Waals surface area contributed by atoms with Gasteiger partial charge in [-0.3, -0.25) is 9.59 Å². The van der Waals surface area contributed by atoms with Gasteiger partial charge >= 0.3 is 0 Å². The van der Waals surface area contributed by atoms with E-state index >= 15 is 0 Å². The van der Waals surface area contributed by atoms with Gasteiger partial charge in [-0.15, -0.1) is 0 Å². The van der Waals surface area contributed by atoms with Crippen molar-refractivity contribution < 1.29 is 18.0 Å². The minimum absolute atomic E-state index is 0.115. The molecule has 2 rings (SSSR count). The van der Waals surface area contributed by atoms with Crippen molar-refractivity contribution in [1.29, 1.82) is 0 Å². The fourth-order valence-corrected chi connectivity index (χ4v) is 3.82. The molecule has 0 N–H and O–H groups in total. The first-order valence-electron chi connectivity index (χ1n) is 6.16. The molecule has 1 fully saturated rings. The maximum atomic E-state index is 12.2. The van der Waals surface area contributed by atoms with Gasteiger partial charge in [-0.1, -0.05) is 22.0 Å². The minimum Gasteiger partial charge on any atom is -0.341 e. The molecule has 20 heavy (non-hydrogen) atoms. The maximum Gasteiger partial charge on any atom is 0.238 e. The van der Waals surface area contributed by atoms with E-state index in [1.807, 2.05) is 0 Å². The van der Waals surface area contributed by atoms with Gasteiger partial charge in [-0.25, -0.2) is 8.42 Å². The largest absolute Gasteiger partial charge is 0.341 e. The van der Waals surface area contributed by atoms with Gasteiger partial charge in [0.15, 0.2) is 9.84 Å². The second-order valence-corrected chi connectivity index (χ2v) is 7.54. The third kappa shape index (κ3) is 3.67. The number of nitrogens with zero attached hydrogens (tertiary/aromatic N) is 1. The highest BCUT2D eigenvalue weighted by atomic mass is 79.9. The Morgan fingerprint density at radius 2 is 1.90 bits per heavy atom. The van der Waals surface area contributed by atoms with Gasteiger partial charge in [0.2, 0.25) is 5.91 Å². The van der Waals surface area contributed by atoms with Crippen LogP contribution in [-0.2, 0) is 19.4 Å². The zero-order chi connectivity index (χ0) is 14.8. The summed E-state index contributed by atoms with van der Waals surface area (Å²) in [7, 11) is -3.65. The number of carbonyl (C=O) groups excluding carboxylic acids is 2. The number of Topliss-reactive ketones (excluding diaryl/α,β-unsaturated/α-hetero) is 1. The molecule has 0 aliphatic carbocycles. The number of likely N-dealkylation sites (tertiary alicyclic amines) is 1. The van der Waals surface area contributed by atoms with Crippen LogP contribution in [-0.4, -0.2) is 43.9 Å². The normalized spacial score (nSPS) is 16.2. The maximum absolute atomic E-state index is 12.2. The molecule has 0 aromatic heterocycles. The lowest BCUT2D eigenvalue weighted by Gasteiger charge is -2.25. The molecule has 1 aliphatic rings. The summed E-state index contributed by atoms with van der Waals surface area (Å²) in [4.78, 5) is 24.7. The molecule has 7 heteroatoms. The SMILES string of the molecule is O=C1CCN(C(=O)CS(=O)(=O)c2cccc(Br)c2)CC1. The number of rotatable bonds is 3. The van der Waals surface area contributed by atoms with Gasteiger partial charge < -0.3 is 4.90 Å². The molecule has 1 aromatic carbocycles. The zero-order valence-corrected chi connectivity index (χ0v) is 13.1. The van der Waals surface area contributed by atoms with Gasteiger partial charge in [0.1, 0.15) is 11.5 Å². The lowest BCUT2D eigenvalue weighted by molar-refractivity contribution is -0.132. The summed E-state index contributed by atoms with van der Waals surface area (Å²) in [5.74, 6) is -0.890. The summed E-state index contributed by atoms with van der Waals surface area (Å²) in [6.45, 7) is 0.622. The Morgan fingerprint density at radius 1 is 1.25 bits per heavy atom. The number of benzene rings is 1. The first kappa shape index (κ1) is 15.2. The summed E-state index contributed by atoms with van der Waals surface area (Å²) in [6, 6.07) is 6.27. The number of carbonyl (C=O) groups is 2. The number of piperidine rings is 1. The molecule has 5 nitrogen and oxygen atoms in total. The zero-order valence-electron chi connectivity index (χ0n) is 10.7. The summed E-state index contributed by atoms with van der Waals surface area (Å²) in [5, 5.41) is 0. The molecule has 0 saturated carbocycles. The van der Waals surface area contributed by atoms with E-state index in [0.717, 1.165) is 0 Å². The Labute approximate surface area is 126 Å². The minimum atomic E-state index is -3.65. The average molecular weight is 360 g/mol. The first-order valence-corrected chi connectivity index (χ1v) is 8.61. The molecule has 1 aromatic rings. The van der Waals surface area contributed by atoms with Crippen molar-refractivity contribution in [1.82, 2.24) is 4.90 Å². The van der Waals surface area contributed by atoms with Crippen molar-refractivity contribution >= 4 is 37.5 Å². The Balaban J connectivity index is 2.08. The Hall–Kier alpha value is -1.21. The second-order valence-electron chi connectivity index (χ2n) is 4.64. The van der Waals surface area contributed by atoms with Gasteiger partial charge in [-0.2, -0.15) is 0 Å². The van der Waals surface area contributed by atoms with Crippen LogP contribution in [0.1, 0.15) is 12.8 Å². The predicted octanol–water partition coefficient (Wildman–Crippen LogP) is 1.41. The molecule has 0 bridgehead atoms. The van der Waals surface area contributed by atoms with Crippen LogP contribution in [0, 0.1) is 0 Å². The van der Waals surface area contributed by atoms with E-state index in [4.69, 9.17) is 0 Å². The highest BCUT2D eigenvalue weighted by Gasteiger charge is 2.26. The molecule has 1 heterocycles. The van der Waals surface area contributed by atoms with Crippen LogP contribution in [0.15, 0.2) is 33.6 Å². The number of ketones is 1. The van der Waals surface area contributed by atoms with Crippen molar-refractivity contribution in [3.63, 3.8) is 0 Å². The molecule has 108 valence electrons. The van der Waals surface area contributed by atoms with Crippen LogP contribution in [0.25, 0.3) is 0 Å². The van der Waals surface area contributed by atoms with Gasteiger partial charge in [-0.05, 0) is 18.2 Å². The summed E-state index contributed by atoms with van der Waals surface area (Å²) < 4.78 is 25.0. The van der Waals surface area contributed by atoms with Crippen molar-refractivity contribution in [2.45, 2.75) is 17.7 Å². The summed E-state index contributed by atoms with van der Waals surface area (Å²) >= 11 is 3.21. The van der Waals surface area contributed by atoms with Gasteiger partial charge in [0.25, 0.3) is 0 Å². The molecule has 1 amide bonds. The highest BCUT2D eigenvalue weighted by molar-refractivity contribution is 9.10. The van der Waals surface area contributed by atoms with E-state index in [9.17, 15) is 18.0 Å². The monoisotopic (exact) mass is 359 g/mol. The standard InChI is InChI=1S/C13H14BrNO4S/c14-10-2-1-3-12(8-10)20(18,19)9-13(17)15-6-4-11(16)5-7-15/h1-3,8H,4-7,9H2. The Morgan fingerprint density at radius 3 is 2.50 bits per heavy atom. The number of amides is 1. The van der Waals surface area contributed by atoms with Crippen LogP contribution in [0.3, 0.4) is 0 Å². The van der Waals surface area contributed by atoms with Crippen LogP contribution in [0.4, 0.5) is 0 Å². The molecule has 0 radical (unpaired) electrons. The average Bonchev–Trinajstić information content (AvgIpc) is 2.39. The fourth-order valence-electron chi connectivity index (χ4n) is 2.00. The summed E-state index contributed by atoms with van der Waals surface area (Å²) in [6.07, 6.45) is 0.616. The molecular weight excluding hydrogens is 346 g/mol. The number of hydrogen-bond donors (Lipinski definition) is 0. The smallest absolute Gasteiger partial charge is 0.238 e. The number of hydrogen-bond acceptors (Lipinski definition) is 4. The molecule has 0 atom stereocenters. The lowest BCUT2D eigenvalue weighted by Crippen LogP contribution is -2.41. The fraction of sp³-hybridized carbons (Fsp3) is 0.385. The predicted molar refractivity (Wildman–Crippen MR) is 77.0 cm³/mol. The van der Waals surface area contributed by atoms with Crippen molar-refractivity contribution in [3.05, 3.63) is 28.7 Å². The quantitative estimate of drug-likeness (QED) is 0.817. The third-order valence-electron chi connectivity index (χ3n) is 3.14. The van der Waals surface area contributed by atoms with Crippen molar-refractivity contribution in [3.8, 4) is 0 Å². The summed E-state index contributed by atoms with van der Waals surface area (Å²) in [5.41, 5.74) is 0. The van der Waals surface area contributed by atoms with E-state index in [1.165, 1.54) is 17.0 Å². The molecule has 1 saturated heterocycles. The Bertz CT molecular complexity index is 632. The van der Waals surface area contributed by atoms with Crippen LogP contribution in [0.5, 0.6) is 0 Å².